The van der Waals surface area contributed by atoms with Crippen LogP contribution in [0, 0.1) is 0 Å². The SMILES string of the molecule is CS(=O)(=O)c1ccc2c(c1)CCCC2=O. The number of hydrogen-bond donors (Lipinski definition) is 0. The second-order valence-electron chi connectivity index (χ2n) is 3.87. The largest absolute Gasteiger partial charge is 0.294 e. The molecule has 0 saturated heterocycles. The zero-order chi connectivity index (χ0) is 11.1. The number of fused-ring (bicyclic) bond motifs is 1. The van der Waals surface area contributed by atoms with Gasteiger partial charge in [0.25, 0.3) is 0 Å². The second kappa shape index (κ2) is 3.45. The predicted molar refractivity (Wildman–Crippen MR) is 56.8 cm³/mol. The molecule has 0 N–H and O–H groups in total. The Kier molecular flexibility index (Phi) is 2.38. The molecule has 0 amide bonds. The van der Waals surface area contributed by atoms with Crippen molar-refractivity contribution in [3.63, 3.8) is 0 Å². The number of hydrogen-bond acceptors (Lipinski definition) is 3. The fourth-order valence-electron chi connectivity index (χ4n) is 1.85. The van der Waals surface area contributed by atoms with E-state index < -0.39 is 9.84 Å². The van der Waals surface area contributed by atoms with Crippen molar-refractivity contribution in [3.8, 4) is 0 Å². The Morgan fingerprint density at radius 1 is 1.20 bits per heavy atom. The van der Waals surface area contributed by atoms with E-state index in [0.717, 1.165) is 18.4 Å². The van der Waals surface area contributed by atoms with Crippen LogP contribution in [0.5, 0.6) is 0 Å². The summed E-state index contributed by atoms with van der Waals surface area (Å²) in [6.45, 7) is 0. The van der Waals surface area contributed by atoms with Crippen LogP contribution >= 0.6 is 0 Å². The maximum Gasteiger partial charge on any atom is 0.175 e. The first kappa shape index (κ1) is 10.4. The van der Waals surface area contributed by atoms with E-state index in [4.69, 9.17) is 0 Å². The van der Waals surface area contributed by atoms with Crippen LogP contribution in [0.1, 0.15) is 28.8 Å². The van der Waals surface area contributed by atoms with Gasteiger partial charge in [-0.05, 0) is 36.6 Å². The topological polar surface area (TPSA) is 51.2 Å². The number of sulfone groups is 1. The Balaban J connectivity index is 2.56. The molecule has 1 aromatic carbocycles. The highest BCUT2D eigenvalue weighted by Gasteiger charge is 2.18. The maximum atomic E-state index is 11.5. The summed E-state index contributed by atoms with van der Waals surface area (Å²) in [5.41, 5.74) is 1.56. The molecule has 1 aliphatic carbocycles. The number of rotatable bonds is 1. The molecule has 0 fully saturated rings. The summed E-state index contributed by atoms with van der Waals surface area (Å²) in [4.78, 5) is 11.8. The minimum atomic E-state index is -3.17. The van der Waals surface area contributed by atoms with Gasteiger partial charge in [0.15, 0.2) is 15.6 Å². The summed E-state index contributed by atoms with van der Waals surface area (Å²) in [5.74, 6) is 0.122. The van der Waals surface area contributed by atoms with E-state index in [1.54, 1.807) is 12.1 Å². The lowest BCUT2D eigenvalue weighted by atomic mass is 9.91. The first-order valence-corrected chi connectivity index (χ1v) is 6.74. The highest BCUT2D eigenvalue weighted by molar-refractivity contribution is 7.90. The van der Waals surface area contributed by atoms with E-state index in [-0.39, 0.29) is 5.78 Å². The minimum absolute atomic E-state index is 0.122. The van der Waals surface area contributed by atoms with Gasteiger partial charge in [-0.3, -0.25) is 4.79 Å². The summed E-state index contributed by atoms with van der Waals surface area (Å²) >= 11 is 0. The molecular weight excluding hydrogens is 212 g/mol. The van der Waals surface area contributed by atoms with E-state index in [0.29, 0.717) is 16.9 Å². The molecule has 1 aliphatic rings. The van der Waals surface area contributed by atoms with Gasteiger partial charge in [-0.15, -0.1) is 0 Å². The second-order valence-corrected chi connectivity index (χ2v) is 5.88. The lowest BCUT2D eigenvalue weighted by Crippen LogP contribution is -2.11. The molecule has 2 rings (SSSR count). The summed E-state index contributed by atoms with van der Waals surface area (Å²) in [6.07, 6.45) is 3.37. The number of Topliss-reactive ketones (excluding diaryl/α,β-unsaturated/α-hetero) is 1. The molecule has 0 saturated carbocycles. The summed E-state index contributed by atoms with van der Waals surface area (Å²) in [7, 11) is -3.17. The standard InChI is InChI=1S/C11H12O3S/c1-15(13,14)9-5-6-10-8(7-9)3-2-4-11(10)12/h5-7H,2-4H2,1H3. The van der Waals surface area contributed by atoms with E-state index in [1.165, 1.54) is 12.3 Å². The Bertz CT molecular complexity index is 515. The maximum absolute atomic E-state index is 11.5. The molecular formula is C11H12O3S. The quantitative estimate of drug-likeness (QED) is 0.728. The van der Waals surface area contributed by atoms with E-state index in [1.807, 2.05) is 0 Å². The van der Waals surface area contributed by atoms with Crippen LogP contribution in [0.3, 0.4) is 0 Å². The van der Waals surface area contributed by atoms with Crippen LogP contribution in [0.15, 0.2) is 23.1 Å². The Hall–Kier alpha value is -1.16. The molecule has 0 radical (unpaired) electrons. The minimum Gasteiger partial charge on any atom is -0.294 e. The molecule has 0 bridgehead atoms. The highest BCUT2D eigenvalue weighted by Crippen LogP contribution is 2.23. The fraction of sp³-hybridized carbons (Fsp3) is 0.364. The van der Waals surface area contributed by atoms with Gasteiger partial charge < -0.3 is 0 Å². The molecule has 3 nitrogen and oxygen atoms in total. The summed E-state index contributed by atoms with van der Waals surface area (Å²) in [5, 5.41) is 0. The van der Waals surface area contributed by atoms with Crippen LogP contribution in [-0.4, -0.2) is 20.5 Å². The number of aryl methyl sites for hydroxylation is 1. The van der Waals surface area contributed by atoms with Crippen LogP contribution in [0.2, 0.25) is 0 Å². The normalized spacial score (nSPS) is 16.2. The summed E-state index contributed by atoms with van der Waals surface area (Å²) in [6, 6.07) is 4.77. The Labute approximate surface area is 89.0 Å². The van der Waals surface area contributed by atoms with Gasteiger partial charge >= 0.3 is 0 Å². The third-order valence-electron chi connectivity index (χ3n) is 2.66. The van der Waals surface area contributed by atoms with Crippen molar-refractivity contribution in [1.82, 2.24) is 0 Å². The molecule has 15 heavy (non-hydrogen) atoms. The van der Waals surface area contributed by atoms with Crippen LogP contribution in [0.25, 0.3) is 0 Å². The number of carbonyl (C=O) groups excluding carboxylic acids is 1. The monoisotopic (exact) mass is 224 g/mol. The van der Waals surface area contributed by atoms with Crippen molar-refractivity contribution >= 4 is 15.6 Å². The third-order valence-corrected chi connectivity index (χ3v) is 3.77. The number of carbonyl (C=O) groups is 1. The van der Waals surface area contributed by atoms with Gasteiger partial charge in [-0.2, -0.15) is 0 Å². The van der Waals surface area contributed by atoms with Crippen LogP contribution in [-0.2, 0) is 16.3 Å². The van der Waals surface area contributed by atoms with Crippen molar-refractivity contribution in [2.45, 2.75) is 24.2 Å². The first-order chi connectivity index (χ1) is 6.98. The zero-order valence-electron chi connectivity index (χ0n) is 8.49. The molecule has 0 unspecified atom stereocenters. The molecule has 0 heterocycles. The van der Waals surface area contributed by atoms with Gasteiger partial charge in [0, 0.05) is 18.2 Å². The Morgan fingerprint density at radius 3 is 2.60 bits per heavy atom. The molecule has 80 valence electrons. The van der Waals surface area contributed by atoms with Crippen molar-refractivity contribution in [1.29, 1.82) is 0 Å². The van der Waals surface area contributed by atoms with Gasteiger partial charge in [0.2, 0.25) is 0 Å². The van der Waals surface area contributed by atoms with Crippen LogP contribution in [0.4, 0.5) is 0 Å². The van der Waals surface area contributed by atoms with Crippen molar-refractivity contribution in [3.05, 3.63) is 29.3 Å². The van der Waals surface area contributed by atoms with E-state index in [2.05, 4.69) is 0 Å². The molecule has 0 aromatic heterocycles. The first-order valence-electron chi connectivity index (χ1n) is 4.84. The smallest absolute Gasteiger partial charge is 0.175 e. The molecule has 4 heteroatoms. The average Bonchev–Trinajstić information content (AvgIpc) is 2.16. The van der Waals surface area contributed by atoms with Gasteiger partial charge in [0.1, 0.15) is 0 Å². The van der Waals surface area contributed by atoms with Gasteiger partial charge in [-0.1, -0.05) is 0 Å². The molecule has 0 aliphatic heterocycles. The number of benzene rings is 1. The summed E-state index contributed by atoms with van der Waals surface area (Å²) < 4.78 is 22.6. The van der Waals surface area contributed by atoms with Crippen LogP contribution < -0.4 is 0 Å². The van der Waals surface area contributed by atoms with Gasteiger partial charge in [-0.25, -0.2) is 8.42 Å². The number of ketones is 1. The van der Waals surface area contributed by atoms with Crippen molar-refractivity contribution in [2.24, 2.45) is 0 Å². The highest BCUT2D eigenvalue weighted by atomic mass is 32.2. The Morgan fingerprint density at radius 2 is 1.93 bits per heavy atom. The van der Waals surface area contributed by atoms with Crippen molar-refractivity contribution in [2.75, 3.05) is 6.26 Å². The molecule has 1 aromatic rings. The lowest BCUT2D eigenvalue weighted by Gasteiger charge is -2.14. The van der Waals surface area contributed by atoms with Gasteiger partial charge in [0.05, 0.1) is 4.90 Å². The van der Waals surface area contributed by atoms with E-state index in [9.17, 15) is 13.2 Å². The average molecular weight is 224 g/mol. The van der Waals surface area contributed by atoms with E-state index >= 15 is 0 Å². The fourth-order valence-corrected chi connectivity index (χ4v) is 2.53. The third kappa shape index (κ3) is 1.95. The zero-order valence-corrected chi connectivity index (χ0v) is 9.30. The predicted octanol–water partition coefficient (Wildman–Crippen LogP) is 1.61. The van der Waals surface area contributed by atoms with Crippen molar-refractivity contribution < 1.29 is 13.2 Å². The molecule has 0 spiro atoms. The molecule has 0 atom stereocenters. The lowest BCUT2D eigenvalue weighted by molar-refractivity contribution is 0.0972.